The van der Waals surface area contributed by atoms with Crippen LogP contribution in [0.25, 0.3) is 17.3 Å². The van der Waals surface area contributed by atoms with E-state index in [4.69, 9.17) is 26.1 Å². The van der Waals surface area contributed by atoms with Crippen molar-refractivity contribution >= 4 is 12.2 Å². The molecule has 0 fully saturated rings. The van der Waals surface area contributed by atoms with Crippen LogP contribution in [0.15, 0.2) is 41.0 Å². The largest absolute Gasteiger partial charge is 0.497 e. The van der Waals surface area contributed by atoms with Crippen LogP contribution in [0.1, 0.15) is 0 Å². The van der Waals surface area contributed by atoms with Crippen molar-refractivity contribution in [1.82, 2.24) is 14.8 Å². The third-order valence-electron chi connectivity index (χ3n) is 3.04. The van der Waals surface area contributed by atoms with Gasteiger partial charge in [-0.3, -0.25) is 9.67 Å². The van der Waals surface area contributed by atoms with Crippen molar-refractivity contribution in [2.24, 2.45) is 0 Å². The summed E-state index contributed by atoms with van der Waals surface area (Å²) in [5.41, 5.74) is 0.724. The zero-order valence-corrected chi connectivity index (χ0v) is 12.3. The maximum Gasteiger partial charge on any atom is 0.203 e. The number of nitrogens with zero attached hydrogens (tertiary/aromatic N) is 2. The van der Waals surface area contributed by atoms with Crippen molar-refractivity contribution in [3.8, 4) is 28.8 Å². The van der Waals surface area contributed by atoms with E-state index in [1.807, 2.05) is 24.3 Å². The zero-order valence-electron chi connectivity index (χ0n) is 11.5. The van der Waals surface area contributed by atoms with E-state index in [2.05, 4.69) is 10.2 Å². The second-order valence-electron chi connectivity index (χ2n) is 4.20. The van der Waals surface area contributed by atoms with E-state index in [-0.39, 0.29) is 0 Å². The predicted octanol–water partition coefficient (Wildman–Crippen LogP) is 3.21. The summed E-state index contributed by atoms with van der Waals surface area (Å²) in [4.78, 5) is 0. The molecule has 3 aromatic rings. The fraction of sp³-hybridized carbons (Fsp3) is 0.143. The first-order valence-corrected chi connectivity index (χ1v) is 6.59. The lowest BCUT2D eigenvalue weighted by Crippen LogP contribution is -2.01. The summed E-state index contributed by atoms with van der Waals surface area (Å²) in [5.74, 6) is 2.52. The van der Waals surface area contributed by atoms with Crippen LogP contribution in [-0.4, -0.2) is 29.0 Å². The zero-order chi connectivity index (χ0) is 14.8. The molecule has 0 aliphatic rings. The van der Waals surface area contributed by atoms with E-state index in [9.17, 15) is 0 Å². The average Bonchev–Trinajstić information content (AvgIpc) is 3.15. The minimum atomic E-state index is 0.438. The molecule has 2 heterocycles. The van der Waals surface area contributed by atoms with Gasteiger partial charge in [-0.1, -0.05) is 0 Å². The van der Waals surface area contributed by atoms with Gasteiger partial charge in [-0.2, -0.15) is 5.10 Å². The lowest BCUT2D eigenvalue weighted by Gasteiger charge is -2.12. The molecule has 1 aromatic carbocycles. The smallest absolute Gasteiger partial charge is 0.203 e. The minimum Gasteiger partial charge on any atom is -0.497 e. The van der Waals surface area contributed by atoms with E-state index in [0.717, 1.165) is 5.69 Å². The van der Waals surface area contributed by atoms with Crippen molar-refractivity contribution in [2.45, 2.75) is 0 Å². The van der Waals surface area contributed by atoms with Crippen molar-refractivity contribution in [3.05, 3.63) is 41.4 Å². The minimum absolute atomic E-state index is 0.438. The second-order valence-corrected chi connectivity index (χ2v) is 4.59. The lowest BCUT2D eigenvalue weighted by molar-refractivity contribution is 0.401. The van der Waals surface area contributed by atoms with Crippen LogP contribution in [0.4, 0.5) is 0 Å². The first-order valence-electron chi connectivity index (χ1n) is 6.18. The van der Waals surface area contributed by atoms with Crippen molar-refractivity contribution < 1.29 is 13.9 Å². The molecule has 0 aliphatic carbocycles. The highest BCUT2D eigenvalue weighted by atomic mass is 32.1. The van der Waals surface area contributed by atoms with Gasteiger partial charge < -0.3 is 13.9 Å². The number of aromatic amines is 1. The Balaban J connectivity index is 2.26. The maximum atomic E-state index is 5.40. The summed E-state index contributed by atoms with van der Waals surface area (Å²) in [5, 5.41) is 6.99. The molecular formula is C14H13N3O3S. The van der Waals surface area contributed by atoms with Gasteiger partial charge in [-0.25, -0.2) is 0 Å². The number of methoxy groups -OCH3 is 2. The number of aromatic nitrogens is 3. The van der Waals surface area contributed by atoms with Gasteiger partial charge in [0.15, 0.2) is 10.5 Å². The van der Waals surface area contributed by atoms with E-state index in [1.54, 1.807) is 31.1 Å². The van der Waals surface area contributed by atoms with Crippen LogP contribution in [0, 0.1) is 4.77 Å². The monoisotopic (exact) mass is 303 g/mol. The highest BCUT2D eigenvalue weighted by Gasteiger charge is 2.17. The Bertz CT molecular complexity index is 805. The van der Waals surface area contributed by atoms with Gasteiger partial charge in [0.25, 0.3) is 0 Å². The molecule has 108 valence electrons. The van der Waals surface area contributed by atoms with Crippen molar-refractivity contribution in [3.63, 3.8) is 0 Å². The summed E-state index contributed by atoms with van der Waals surface area (Å²) in [7, 11) is 3.20. The second kappa shape index (κ2) is 5.45. The molecule has 0 spiro atoms. The van der Waals surface area contributed by atoms with Crippen LogP contribution >= 0.6 is 12.2 Å². The summed E-state index contributed by atoms with van der Waals surface area (Å²) in [6, 6.07) is 9.07. The molecule has 0 atom stereocenters. The maximum absolute atomic E-state index is 5.40. The molecule has 0 amide bonds. The van der Waals surface area contributed by atoms with E-state index < -0.39 is 0 Å². The summed E-state index contributed by atoms with van der Waals surface area (Å²) in [6.07, 6.45) is 1.58. The molecule has 21 heavy (non-hydrogen) atoms. The summed E-state index contributed by atoms with van der Waals surface area (Å²) in [6.45, 7) is 0. The summed E-state index contributed by atoms with van der Waals surface area (Å²) < 4.78 is 18.3. The number of ether oxygens (including phenoxy) is 2. The van der Waals surface area contributed by atoms with Gasteiger partial charge in [0.2, 0.25) is 5.82 Å². The molecule has 1 N–H and O–H groups in total. The van der Waals surface area contributed by atoms with E-state index >= 15 is 0 Å². The number of nitrogens with one attached hydrogen (secondary N) is 1. The van der Waals surface area contributed by atoms with Crippen LogP contribution < -0.4 is 9.47 Å². The molecule has 0 saturated carbocycles. The molecular weight excluding hydrogens is 290 g/mol. The lowest BCUT2D eigenvalue weighted by atomic mass is 10.2. The van der Waals surface area contributed by atoms with Crippen molar-refractivity contribution in [2.75, 3.05) is 14.2 Å². The number of hydrogen-bond donors (Lipinski definition) is 1. The Morgan fingerprint density at radius 2 is 2.10 bits per heavy atom. The van der Waals surface area contributed by atoms with Crippen LogP contribution in [0.5, 0.6) is 11.5 Å². The third kappa shape index (κ3) is 2.31. The number of benzene rings is 1. The molecule has 0 aliphatic heterocycles. The standard InChI is InChI=1S/C14H13N3O3S/c1-18-9-5-6-11(19-2)10(8-9)17-13(15-16-14(17)21)12-4-3-7-20-12/h3-8H,1-2H3,(H,16,21). The van der Waals surface area contributed by atoms with Crippen LogP contribution in [0.2, 0.25) is 0 Å². The molecule has 6 nitrogen and oxygen atoms in total. The molecule has 0 unspecified atom stereocenters. The highest BCUT2D eigenvalue weighted by molar-refractivity contribution is 7.71. The normalized spacial score (nSPS) is 10.6. The van der Waals surface area contributed by atoms with Crippen molar-refractivity contribution in [1.29, 1.82) is 0 Å². The predicted molar refractivity (Wildman–Crippen MR) is 79.6 cm³/mol. The fourth-order valence-electron chi connectivity index (χ4n) is 2.06. The number of furan rings is 1. The average molecular weight is 303 g/mol. The fourth-order valence-corrected chi connectivity index (χ4v) is 2.29. The Labute approximate surface area is 125 Å². The molecule has 7 heteroatoms. The first-order chi connectivity index (χ1) is 10.2. The SMILES string of the molecule is COc1ccc(OC)c(-n2c(-c3ccco3)n[nH]c2=S)c1. The molecule has 0 saturated heterocycles. The quantitative estimate of drug-likeness (QED) is 0.750. The molecule has 0 radical (unpaired) electrons. The van der Waals surface area contributed by atoms with Gasteiger partial charge in [0.05, 0.1) is 26.2 Å². The van der Waals surface area contributed by atoms with Gasteiger partial charge >= 0.3 is 0 Å². The summed E-state index contributed by atoms with van der Waals surface area (Å²) >= 11 is 5.32. The molecule has 0 bridgehead atoms. The van der Waals surface area contributed by atoms with Gasteiger partial charge in [-0.05, 0) is 36.5 Å². The Hall–Kier alpha value is -2.54. The Morgan fingerprint density at radius 1 is 1.24 bits per heavy atom. The number of H-pyrrole nitrogens is 1. The number of rotatable bonds is 4. The highest BCUT2D eigenvalue weighted by Crippen LogP contribution is 2.31. The van der Waals surface area contributed by atoms with Gasteiger partial charge in [0, 0.05) is 6.07 Å². The third-order valence-corrected chi connectivity index (χ3v) is 3.31. The van der Waals surface area contributed by atoms with Crippen LogP contribution in [-0.2, 0) is 0 Å². The molecule has 2 aromatic heterocycles. The van der Waals surface area contributed by atoms with E-state index in [0.29, 0.717) is 27.9 Å². The van der Waals surface area contributed by atoms with E-state index in [1.165, 1.54) is 0 Å². The topological polar surface area (TPSA) is 65.2 Å². The van der Waals surface area contributed by atoms with Gasteiger partial charge in [-0.15, -0.1) is 0 Å². The first kappa shape index (κ1) is 13.4. The Morgan fingerprint density at radius 3 is 2.76 bits per heavy atom. The van der Waals surface area contributed by atoms with Crippen LogP contribution in [0.3, 0.4) is 0 Å². The number of hydrogen-bond acceptors (Lipinski definition) is 5. The molecule has 3 rings (SSSR count). The Kier molecular flexibility index (Phi) is 3.49. The van der Waals surface area contributed by atoms with Gasteiger partial charge in [0.1, 0.15) is 11.5 Å².